The quantitative estimate of drug-likeness (QED) is 0.686. The van der Waals surface area contributed by atoms with Crippen molar-refractivity contribution >= 4 is 28.4 Å². The van der Waals surface area contributed by atoms with Gasteiger partial charge in [-0.1, -0.05) is 68.4 Å². The summed E-state index contributed by atoms with van der Waals surface area (Å²) in [6.07, 6.45) is 5.19. The average Bonchev–Trinajstić information content (AvgIpc) is 2.69. The summed E-state index contributed by atoms with van der Waals surface area (Å²) in [5.41, 5.74) is 0.299. The van der Waals surface area contributed by atoms with Crippen LogP contribution in [-0.4, -0.2) is 23.1 Å². The van der Waals surface area contributed by atoms with E-state index in [1.807, 2.05) is 18.2 Å². The maximum absolute atomic E-state index is 12.7. The van der Waals surface area contributed by atoms with Crippen LogP contribution in [0.2, 0.25) is 0 Å². The number of anilines is 1. The Bertz CT molecular complexity index is 1000. The molecule has 1 N–H and O–H groups in total. The Balaban J connectivity index is 1.55. The van der Waals surface area contributed by atoms with E-state index in [-0.39, 0.29) is 5.56 Å². The summed E-state index contributed by atoms with van der Waals surface area (Å²) in [7, 11) is 0. The molecule has 140 valence electrons. The lowest BCUT2D eigenvalue weighted by molar-refractivity contribution is 0.237. The minimum Gasteiger partial charge on any atom is -0.352 e. The third-order valence-electron chi connectivity index (χ3n) is 5.84. The molecule has 27 heavy (non-hydrogen) atoms. The number of piperidine rings is 1. The van der Waals surface area contributed by atoms with E-state index in [0.29, 0.717) is 11.2 Å². The molecule has 3 aromatic rings. The molecule has 4 rings (SSSR count). The Morgan fingerprint density at radius 2 is 1.89 bits per heavy atom. The molecule has 2 aromatic carbocycles. The van der Waals surface area contributed by atoms with Crippen molar-refractivity contribution in [3.05, 3.63) is 59.0 Å². The van der Waals surface area contributed by atoms with Gasteiger partial charge in [0.25, 0.3) is 5.56 Å². The van der Waals surface area contributed by atoms with Crippen LogP contribution in [0.25, 0.3) is 10.8 Å². The summed E-state index contributed by atoms with van der Waals surface area (Å²) in [4.78, 5) is 23.4. The fraction of sp³-hybridized carbons (Fsp3) is 0.364. The first-order valence-electron chi connectivity index (χ1n) is 9.58. The van der Waals surface area contributed by atoms with Crippen LogP contribution in [0.15, 0.2) is 63.4 Å². The van der Waals surface area contributed by atoms with Gasteiger partial charge < -0.3 is 9.88 Å². The fourth-order valence-electron chi connectivity index (χ4n) is 3.67. The molecule has 5 heteroatoms. The summed E-state index contributed by atoms with van der Waals surface area (Å²) in [6, 6.07) is 14.5. The van der Waals surface area contributed by atoms with Crippen molar-refractivity contribution in [2.75, 3.05) is 18.0 Å². The molecule has 0 radical (unpaired) electrons. The summed E-state index contributed by atoms with van der Waals surface area (Å²) in [6.45, 7) is 6.39. The van der Waals surface area contributed by atoms with Gasteiger partial charge in [-0.3, -0.25) is 4.79 Å². The van der Waals surface area contributed by atoms with Gasteiger partial charge in [0, 0.05) is 18.0 Å². The van der Waals surface area contributed by atoms with Gasteiger partial charge in [-0.05, 0) is 35.1 Å². The minimum atomic E-state index is -0.0969. The first kappa shape index (κ1) is 18.1. The standard InChI is InChI=1S/C22H25N3OS/c1-3-22(2)11-13-25(14-12-22)20-21(26)24-19(15-23-20)27-18-10-6-8-16-7-4-5-9-17(16)18/h4-10,15H,3,11-14H2,1-2H3,(H,24,26). The zero-order valence-electron chi connectivity index (χ0n) is 15.9. The number of nitrogens with one attached hydrogen (secondary N) is 1. The maximum Gasteiger partial charge on any atom is 0.291 e. The molecule has 1 fully saturated rings. The first-order valence-corrected chi connectivity index (χ1v) is 10.4. The number of H-pyrrole nitrogens is 1. The van der Waals surface area contributed by atoms with Crippen LogP contribution < -0.4 is 10.5 Å². The van der Waals surface area contributed by atoms with E-state index >= 15 is 0 Å². The van der Waals surface area contributed by atoms with Crippen LogP contribution in [0.3, 0.4) is 0 Å². The van der Waals surface area contributed by atoms with Gasteiger partial charge in [-0.25, -0.2) is 4.98 Å². The second-order valence-electron chi connectivity index (χ2n) is 7.63. The minimum absolute atomic E-state index is 0.0969. The van der Waals surface area contributed by atoms with Crippen LogP contribution in [0.1, 0.15) is 33.1 Å². The molecule has 4 nitrogen and oxygen atoms in total. The molecule has 1 saturated heterocycles. The molecule has 0 aliphatic carbocycles. The number of rotatable bonds is 4. The SMILES string of the molecule is CCC1(C)CCN(c2ncc(Sc3cccc4ccccc34)[nH]c2=O)CC1. The molecule has 0 spiro atoms. The zero-order chi connectivity index (χ0) is 18.9. The summed E-state index contributed by atoms with van der Waals surface area (Å²) < 4.78 is 0. The van der Waals surface area contributed by atoms with Crippen molar-refractivity contribution in [3.8, 4) is 0 Å². The second-order valence-corrected chi connectivity index (χ2v) is 8.71. The molecular formula is C22H25N3OS. The molecule has 0 atom stereocenters. The van der Waals surface area contributed by atoms with Gasteiger partial charge in [-0.15, -0.1) is 0 Å². The highest BCUT2D eigenvalue weighted by molar-refractivity contribution is 7.99. The number of nitrogens with zero attached hydrogens (tertiary/aromatic N) is 2. The molecular weight excluding hydrogens is 354 g/mol. The largest absolute Gasteiger partial charge is 0.352 e. The number of hydrogen-bond acceptors (Lipinski definition) is 4. The van der Waals surface area contributed by atoms with E-state index < -0.39 is 0 Å². The maximum atomic E-state index is 12.7. The highest BCUT2D eigenvalue weighted by atomic mass is 32.2. The van der Waals surface area contributed by atoms with Gasteiger partial charge >= 0.3 is 0 Å². The Morgan fingerprint density at radius 3 is 2.63 bits per heavy atom. The number of benzene rings is 2. The predicted molar refractivity (Wildman–Crippen MR) is 113 cm³/mol. The summed E-state index contributed by atoms with van der Waals surface area (Å²) in [5.74, 6) is 0.551. The van der Waals surface area contributed by atoms with Crippen molar-refractivity contribution in [2.45, 2.75) is 43.0 Å². The van der Waals surface area contributed by atoms with Gasteiger partial charge in [0.1, 0.15) is 0 Å². The third-order valence-corrected chi connectivity index (χ3v) is 6.84. The number of fused-ring (bicyclic) bond motifs is 1. The van der Waals surface area contributed by atoms with Crippen LogP contribution in [-0.2, 0) is 0 Å². The normalized spacial score (nSPS) is 16.6. The van der Waals surface area contributed by atoms with Gasteiger partial charge in [0.15, 0.2) is 5.82 Å². The van der Waals surface area contributed by atoms with Crippen molar-refractivity contribution in [3.63, 3.8) is 0 Å². The fourth-order valence-corrected chi connectivity index (χ4v) is 4.60. The molecule has 0 bridgehead atoms. The van der Waals surface area contributed by atoms with E-state index in [9.17, 15) is 4.79 Å². The first-order chi connectivity index (χ1) is 13.1. The highest BCUT2D eigenvalue weighted by Crippen LogP contribution is 2.35. The molecule has 0 unspecified atom stereocenters. The van der Waals surface area contributed by atoms with Gasteiger partial charge in [0.2, 0.25) is 0 Å². The Kier molecular flexibility index (Phi) is 4.96. The lowest BCUT2D eigenvalue weighted by atomic mass is 9.78. The molecule has 1 aliphatic heterocycles. The average molecular weight is 380 g/mol. The van der Waals surface area contributed by atoms with Crippen LogP contribution in [0.5, 0.6) is 0 Å². The lowest BCUT2D eigenvalue weighted by Crippen LogP contribution is -2.41. The topological polar surface area (TPSA) is 49.0 Å². The summed E-state index contributed by atoms with van der Waals surface area (Å²) in [5, 5.41) is 3.15. The van der Waals surface area contributed by atoms with E-state index in [1.54, 1.807) is 18.0 Å². The Labute approximate surface area is 164 Å². The Morgan fingerprint density at radius 1 is 1.15 bits per heavy atom. The van der Waals surface area contributed by atoms with Crippen molar-refractivity contribution < 1.29 is 0 Å². The second kappa shape index (κ2) is 7.39. The van der Waals surface area contributed by atoms with Crippen molar-refractivity contribution in [2.24, 2.45) is 5.41 Å². The van der Waals surface area contributed by atoms with Crippen LogP contribution >= 0.6 is 11.8 Å². The molecule has 1 aromatic heterocycles. The number of aromatic nitrogens is 2. The van der Waals surface area contributed by atoms with Gasteiger partial charge in [-0.2, -0.15) is 0 Å². The van der Waals surface area contributed by atoms with E-state index in [0.717, 1.165) is 35.9 Å². The van der Waals surface area contributed by atoms with Crippen LogP contribution in [0, 0.1) is 5.41 Å². The molecule has 1 aliphatic rings. The van der Waals surface area contributed by atoms with Crippen LogP contribution in [0.4, 0.5) is 5.82 Å². The van der Waals surface area contributed by atoms with E-state index in [1.165, 1.54) is 17.2 Å². The third kappa shape index (κ3) is 3.74. The Hall–Kier alpha value is -2.27. The zero-order valence-corrected chi connectivity index (χ0v) is 16.7. The van der Waals surface area contributed by atoms with E-state index in [4.69, 9.17) is 0 Å². The molecule has 0 amide bonds. The predicted octanol–water partition coefficient (Wildman–Crippen LogP) is 5.09. The van der Waals surface area contributed by atoms with Crippen molar-refractivity contribution in [1.82, 2.24) is 9.97 Å². The monoisotopic (exact) mass is 379 g/mol. The highest BCUT2D eigenvalue weighted by Gasteiger charge is 2.29. The smallest absolute Gasteiger partial charge is 0.291 e. The summed E-state index contributed by atoms with van der Waals surface area (Å²) >= 11 is 1.55. The molecule has 2 heterocycles. The number of aromatic amines is 1. The lowest BCUT2D eigenvalue weighted by Gasteiger charge is -2.39. The number of hydrogen-bond donors (Lipinski definition) is 1. The van der Waals surface area contributed by atoms with E-state index in [2.05, 4.69) is 53.0 Å². The van der Waals surface area contributed by atoms with Gasteiger partial charge in [0.05, 0.1) is 11.2 Å². The molecule has 0 saturated carbocycles. The van der Waals surface area contributed by atoms with Crippen molar-refractivity contribution in [1.29, 1.82) is 0 Å².